The van der Waals surface area contributed by atoms with E-state index >= 15 is 0 Å². The lowest BCUT2D eigenvalue weighted by Gasteiger charge is -2.23. The van der Waals surface area contributed by atoms with Gasteiger partial charge >= 0.3 is 0 Å². The van der Waals surface area contributed by atoms with Gasteiger partial charge in [-0.05, 0) is 46.7 Å². The predicted molar refractivity (Wildman–Crippen MR) is 85.6 cm³/mol. The topological polar surface area (TPSA) is 21.3 Å². The lowest BCUT2D eigenvalue weighted by Crippen LogP contribution is -2.33. The lowest BCUT2D eigenvalue weighted by molar-refractivity contribution is 0.402. The summed E-state index contributed by atoms with van der Waals surface area (Å²) in [5.74, 6) is 3.45. The lowest BCUT2D eigenvalue weighted by atomic mass is 10.1. The van der Waals surface area contributed by atoms with Crippen LogP contribution in [0.4, 0.5) is 0 Å². The largest absolute Gasteiger partial charge is 0.495 e. The van der Waals surface area contributed by atoms with Crippen LogP contribution in [0, 0.1) is 0 Å². The van der Waals surface area contributed by atoms with Crippen LogP contribution in [-0.4, -0.2) is 24.7 Å². The maximum absolute atomic E-state index is 5.46. The molecule has 1 atom stereocenters. The fourth-order valence-corrected chi connectivity index (χ4v) is 4.71. The second-order valence-corrected chi connectivity index (χ2v) is 7.29. The van der Waals surface area contributed by atoms with Gasteiger partial charge in [0.15, 0.2) is 0 Å². The number of methoxy groups -OCH3 is 1. The number of hydrogen-bond donors (Lipinski definition) is 1. The van der Waals surface area contributed by atoms with Gasteiger partial charge in [0.25, 0.3) is 0 Å². The van der Waals surface area contributed by atoms with E-state index < -0.39 is 0 Å². The summed E-state index contributed by atoms with van der Waals surface area (Å²) in [7, 11) is 1.72. The first-order chi connectivity index (χ1) is 8.70. The molecular weight excluding hydrogens is 378 g/mol. The first-order valence-corrected chi connectivity index (χ1v) is 8.78. The van der Waals surface area contributed by atoms with Crippen molar-refractivity contribution >= 4 is 43.6 Å². The molecule has 0 spiro atoms. The minimum atomic E-state index is 0.631. The Kier molecular flexibility index (Phi) is 5.86. The van der Waals surface area contributed by atoms with Gasteiger partial charge in [0.2, 0.25) is 0 Å². The van der Waals surface area contributed by atoms with Crippen molar-refractivity contribution in [1.82, 2.24) is 5.32 Å². The van der Waals surface area contributed by atoms with Crippen molar-refractivity contribution < 1.29 is 4.74 Å². The van der Waals surface area contributed by atoms with Crippen LogP contribution in [0.15, 0.2) is 21.1 Å². The van der Waals surface area contributed by atoms with Crippen LogP contribution in [0.2, 0.25) is 0 Å². The van der Waals surface area contributed by atoms with Gasteiger partial charge in [0.1, 0.15) is 5.75 Å². The summed E-state index contributed by atoms with van der Waals surface area (Å²) in [6, 6.07) is 4.76. The van der Waals surface area contributed by atoms with E-state index in [1.54, 1.807) is 7.11 Å². The average molecular weight is 395 g/mol. The third-order valence-corrected chi connectivity index (χ3v) is 5.29. The van der Waals surface area contributed by atoms with Gasteiger partial charge in [-0.25, -0.2) is 0 Å². The first kappa shape index (κ1) is 14.7. The Balaban J connectivity index is 2.03. The molecule has 1 unspecified atom stereocenters. The van der Waals surface area contributed by atoms with Crippen LogP contribution >= 0.6 is 43.6 Å². The number of benzene rings is 1. The molecule has 1 aromatic carbocycles. The summed E-state index contributed by atoms with van der Waals surface area (Å²) in [5.41, 5.74) is 1.19. The minimum absolute atomic E-state index is 0.631. The standard InChI is InChI=1S/C13H17Br2NOS/c1-17-13-9(5-10(14)6-12(13)15)7-16-11-3-2-4-18-8-11/h5-6,11,16H,2-4,7-8H2,1H3. The molecule has 18 heavy (non-hydrogen) atoms. The van der Waals surface area contributed by atoms with Crippen molar-refractivity contribution in [2.75, 3.05) is 18.6 Å². The van der Waals surface area contributed by atoms with E-state index in [0.717, 1.165) is 21.2 Å². The van der Waals surface area contributed by atoms with Crippen LogP contribution in [0.25, 0.3) is 0 Å². The van der Waals surface area contributed by atoms with Crippen LogP contribution in [0.1, 0.15) is 18.4 Å². The molecule has 0 aliphatic carbocycles. The molecule has 0 amide bonds. The number of ether oxygens (including phenoxy) is 1. The number of hydrogen-bond acceptors (Lipinski definition) is 3. The summed E-state index contributed by atoms with van der Waals surface area (Å²) in [6.07, 6.45) is 2.60. The minimum Gasteiger partial charge on any atom is -0.495 e. The Labute approximate surface area is 130 Å². The Morgan fingerprint density at radius 3 is 2.94 bits per heavy atom. The van der Waals surface area contributed by atoms with E-state index in [2.05, 4.69) is 43.2 Å². The summed E-state index contributed by atoms with van der Waals surface area (Å²) < 4.78 is 7.53. The maximum atomic E-state index is 5.46. The molecule has 1 aliphatic rings. The molecule has 1 heterocycles. The van der Waals surface area contributed by atoms with Crippen LogP contribution in [0.5, 0.6) is 5.75 Å². The smallest absolute Gasteiger partial charge is 0.137 e. The molecule has 0 saturated carbocycles. The molecule has 1 aliphatic heterocycles. The number of rotatable bonds is 4. The van der Waals surface area contributed by atoms with Crippen LogP contribution in [0.3, 0.4) is 0 Å². The number of nitrogens with one attached hydrogen (secondary N) is 1. The molecule has 1 aromatic rings. The fraction of sp³-hybridized carbons (Fsp3) is 0.538. The number of halogens is 2. The van der Waals surface area contributed by atoms with Crippen molar-refractivity contribution in [1.29, 1.82) is 0 Å². The van der Waals surface area contributed by atoms with Gasteiger partial charge in [-0.2, -0.15) is 11.8 Å². The van der Waals surface area contributed by atoms with Crippen molar-refractivity contribution in [3.05, 3.63) is 26.6 Å². The van der Waals surface area contributed by atoms with Crippen molar-refractivity contribution in [2.24, 2.45) is 0 Å². The van der Waals surface area contributed by atoms with Crippen molar-refractivity contribution in [3.63, 3.8) is 0 Å². The zero-order valence-corrected chi connectivity index (χ0v) is 14.3. The van der Waals surface area contributed by atoms with E-state index in [1.165, 1.54) is 29.9 Å². The third-order valence-electron chi connectivity index (χ3n) is 3.03. The molecule has 100 valence electrons. The third kappa shape index (κ3) is 3.89. The quantitative estimate of drug-likeness (QED) is 0.826. The summed E-state index contributed by atoms with van der Waals surface area (Å²) >= 11 is 9.10. The van der Waals surface area contributed by atoms with Crippen molar-refractivity contribution in [2.45, 2.75) is 25.4 Å². The van der Waals surface area contributed by atoms with Crippen LogP contribution < -0.4 is 10.1 Å². The normalized spacial score (nSPS) is 19.8. The molecule has 1 fully saturated rings. The van der Waals surface area contributed by atoms with E-state index in [-0.39, 0.29) is 0 Å². The molecular formula is C13H17Br2NOS. The predicted octanol–water partition coefficient (Wildman–Crippen LogP) is 4.21. The molecule has 5 heteroatoms. The van der Waals surface area contributed by atoms with E-state index in [1.807, 2.05) is 17.8 Å². The van der Waals surface area contributed by atoms with Gasteiger partial charge in [-0.1, -0.05) is 15.9 Å². The van der Waals surface area contributed by atoms with Gasteiger partial charge in [0.05, 0.1) is 11.6 Å². The molecule has 2 rings (SSSR count). The van der Waals surface area contributed by atoms with E-state index in [0.29, 0.717) is 6.04 Å². The molecule has 2 nitrogen and oxygen atoms in total. The monoisotopic (exact) mass is 393 g/mol. The SMILES string of the molecule is COc1c(Br)cc(Br)cc1CNC1CCCSC1. The van der Waals surface area contributed by atoms with Gasteiger partial charge < -0.3 is 10.1 Å². The van der Waals surface area contributed by atoms with Gasteiger partial charge in [-0.15, -0.1) is 0 Å². The fourth-order valence-electron chi connectivity index (χ4n) is 2.13. The van der Waals surface area contributed by atoms with E-state index in [9.17, 15) is 0 Å². The van der Waals surface area contributed by atoms with Crippen molar-refractivity contribution in [3.8, 4) is 5.75 Å². The zero-order valence-electron chi connectivity index (χ0n) is 10.3. The highest BCUT2D eigenvalue weighted by molar-refractivity contribution is 9.11. The molecule has 0 aromatic heterocycles. The maximum Gasteiger partial charge on any atom is 0.137 e. The Hall–Kier alpha value is 0.290. The van der Waals surface area contributed by atoms with Crippen LogP contribution in [-0.2, 0) is 6.54 Å². The highest BCUT2D eigenvalue weighted by Crippen LogP contribution is 2.32. The van der Waals surface area contributed by atoms with E-state index in [4.69, 9.17) is 4.74 Å². The number of thioether (sulfide) groups is 1. The molecule has 1 N–H and O–H groups in total. The average Bonchev–Trinajstić information content (AvgIpc) is 2.37. The highest BCUT2D eigenvalue weighted by Gasteiger charge is 2.15. The summed E-state index contributed by atoms with van der Waals surface area (Å²) in [4.78, 5) is 0. The molecule has 0 bridgehead atoms. The first-order valence-electron chi connectivity index (χ1n) is 6.03. The van der Waals surface area contributed by atoms with Gasteiger partial charge in [-0.3, -0.25) is 0 Å². The second kappa shape index (κ2) is 7.17. The molecule has 1 saturated heterocycles. The highest BCUT2D eigenvalue weighted by atomic mass is 79.9. The Morgan fingerprint density at radius 1 is 1.44 bits per heavy atom. The zero-order chi connectivity index (χ0) is 13.0. The summed E-state index contributed by atoms with van der Waals surface area (Å²) in [6.45, 7) is 0.854. The Bertz CT molecular complexity index is 408. The Morgan fingerprint density at radius 2 is 2.28 bits per heavy atom. The molecule has 0 radical (unpaired) electrons. The summed E-state index contributed by atoms with van der Waals surface area (Å²) in [5, 5.41) is 3.62. The van der Waals surface area contributed by atoms with Gasteiger partial charge in [0, 0.05) is 28.4 Å². The second-order valence-electron chi connectivity index (χ2n) is 4.37.